The van der Waals surface area contributed by atoms with E-state index in [1.54, 1.807) is 11.8 Å². The summed E-state index contributed by atoms with van der Waals surface area (Å²) in [6.07, 6.45) is 0.863. The van der Waals surface area contributed by atoms with Gasteiger partial charge in [-0.3, -0.25) is 0 Å². The molecule has 2 rings (SSSR count). The third-order valence-corrected chi connectivity index (χ3v) is 5.08. The van der Waals surface area contributed by atoms with Gasteiger partial charge < -0.3 is 5.32 Å². The van der Waals surface area contributed by atoms with Crippen LogP contribution >= 0.6 is 39.3 Å². The molecule has 1 aromatic carbocycles. The van der Waals surface area contributed by atoms with Crippen molar-refractivity contribution in [2.75, 3.05) is 12.4 Å². The lowest BCUT2D eigenvalue weighted by Gasteiger charge is -2.10. The highest BCUT2D eigenvalue weighted by molar-refractivity contribution is 9.10. The molecule has 1 heterocycles. The molecule has 0 aliphatic rings. The van der Waals surface area contributed by atoms with E-state index in [0.717, 1.165) is 38.1 Å². The molecule has 0 radical (unpaired) electrons. The first-order valence-corrected chi connectivity index (χ1v) is 8.41. The quantitative estimate of drug-likeness (QED) is 0.766. The fourth-order valence-electron chi connectivity index (χ4n) is 1.71. The van der Waals surface area contributed by atoms with Gasteiger partial charge in [-0.2, -0.15) is 0 Å². The van der Waals surface area contributed by atoms with Crippen molar-refractivity contribution in [2.45, 2.75) is 24.0 Å². The molecule has 0 spiro atoms. The molecule has 20 heavy (non-hydrogen) atoms. The molecule has 1 N–H and O–H groups in total. The van der Waals surface area contributed by atoms with E-state index in [2.05, 4.69) is 38.1 Å². The summed E-state index contributed by atoms with van der Waals surface area (Å²) < 4.78 is 0.939. The minimum atomic E-state index is 0.693. The second-order valence-corrected chi connectivity index (χ2v) is 6.29. The van der Waals surface area contributed by atoms with Gasteiger partial charge in [0.15, 0.2) is 0 Å². The SMILES string of the molecule is CCc1nc(CSc2ccccc2Cl)nc(NC)c1Br. The standard InChI is InChI=1S/C14H15BrClN3S/c1-3-10-13(15)14(17-2)19-12(18-10)8-20-11-7-5-4-6-9(11)16/h4-7H,3,8H2,1-2H3,(H,17,18,19). The second kappa shape index (κ2) is 7.29. The first-order chi connectivity index (χ1) is 9.65. The van der Waals surface area contributed by atoms with Crippen LogP contribution in [0, 0.1) is 0 Å². The Kier molecular flexibility index (Phi) is 5.69. The van der Waals surface area contributed by atoms with Gasteiger partial charge in [-0.05, 0) is 34.5 Å². The van der Waals surface area contributed by atoms with E-state index in [1.165, 1.54) is 0 Å². The zero-order valence-electron chi connectivity index (χ0n) is 11.3. The molecule has 0 fully saturated rings. The van der Waals surface area contributed by atoms with Crippen LogP contribution in [0.25, 0.3) is 0 Å². The number of halogens is 2. The lowest BCUT2D eigenvalue weighted by Crippen LogP contribution is -2.04. The first kappa shape index (κ1) is 15.6. The molecule has 2 aromatic rings. The maximum Gasteiger partial charge on any atom is 0.144 e. The van der Waals surface area contributed by atoms with Crippen LogP contribution in [-0.4, -0.2) is 17.0 Å². The molecule has 0 amide bonds. The Morgan fingerprint density at radius 1 is 1.30 bits per heavy atom. The van der Waals surface area contributed by atoms with Crippen molar-refractivity contribution < 1.29 is 0 Å². The van der Waals surface area contributed by atoms with Crippen LogP contribution in [0.15, 0.2) is 33.6 Å². The van der Waals surface area contributed by atoms with Crippen LogP contribution in [0.1, 0.15) is 18.4 Å². The summed E-state index contributed by atoms with van der Waals surface area (Å²) >= 11 is 11.3. The normalized spacial score (nSPS) is 10.6. The number of aryl methyl sites for hydroxylation is 1. The smallest absolute Gasteiger partial charge is 0.144 e. The van der Waals surface area contributed by atoms with E-state index < -0.39 is 0 Å². The Morgan fingerprint density at radius 2 is 2.05 bits per heavy atom. The summed E-state index contributed by atoms with van der Waals surface area (Å²) in [6.45, 7) is 2.08. The molecule has 3 nitrogen and oxygen atoms in total. The summed E-state index contributed by atoms with van der Waals surface area (Å²) in [5, 5.41) is 3.85. The maximum absolute atomic E-state index is 6.15. The number of nitrogens with one attached hydrogen (secondary N) is 1. The number of hydrogen-bond donors (Lipinski definition) is 1. The monoisotopic (exact) mass is 371 g/mol. The number of aromatic nitrogens is 2. The lowest BCUT2D eigenvalue weighted by atomic mass is 10.3. The highest BCUT2D eigenvalue weighted by atomic mass is 79.9. The number of anilines is 1. The zero-order valence-corrected chi connectivity index (χ0v) is 14.4. The van der Waals surface area contributed by atoms with E-state index >= 15 is 0 Å². The molecular weight excluding hydrogens is 358 g/mol. The third-order valence-electron chi connectivity index (χ3n) is 2.73. The van der Waals surface area contributed by atoms with Crippen LogP contribution in [-0.2, 0) is 12.2 Å². The van der Waals surface area contributed by atoms with Gasteiger partial charge in [0.1, 0.15) is 11.6 Å². The molecule has 6 heteroatoms. The number of thioether (sulfide) groups is 1. The molecule has 0 saturated heterocycles. The fourth-order valence-corrected chi connectivity index (χ4v) is 3.46. The molecule has 0 bridgehead atoms. The third kappa shape index (κ3) is 3.65. The molecule has 0 saturated carbocycles. The van der Waals surface area contributed by atoms with Gasteiger partial charge in [0.2, 0.25) is 0 Å². The maximum atomic E-state index is 6.15. The number of nitrogens with zero attached hydrogens (tertiary/aromatic N) is 2. The van der Waals surface area contributed by atoms with Crippen molar-refractivity contribution in [1.82, 2.24) is 9.97 Å². The molecule has 0 aliphatic heterocycles. The Bertz CT molecular complexity index is 582. The Labute approximate surface area is 136 Å². The van der Waals surface area contributed by atoms with Crippen LogP contribution in [0.5, 0.6) is 0 Å². The molecule has 106 valence electrons. The van der Waals surface area contributed by atoms with Gasteiger partial charge in [0.05, 0.1) is 20.9 Å². The van der Waals surface area contributed by atoms with Crippen molar-refractivity contribution in [2.24, 2.45) is 0 Å². The average Bonchev–Trinajstić information content (AvgIpc) is 2.47. The van der Waals surface area contributed by atoms with Gasteiger partial charge >= 0.3 is 0 Å². The van der Waals surface area contributed by atoms with Crippen molar-refractivity contribution in [1.29, 1.82) is 0 Å². The van der Waals surface area contributed by atoms with Gasteiger partial charge in [-0.15, -0.1) is 11.8 Å². The lowest BCUT2D eigenvalue weighted by molar-refractivity contribution is 0.930. The summed E-state index contributed by atoms with van der Waals surface area (Å²) in [4.78, 5) is 10.1. The van der Waals surface area contributed by atoms with Crippen LogP contribution < -0.4 is 5.32 Å². The minimum absolute atomic E-state index is 0.693. The van der Waals surface area contributed by atoms with E-state index in [9.17, 15) is 0 Å². The Morgan fingerprint density at radius 3 is 2.70 bits per heavy atom. The van der Waals surface area contributed by atoms with Gasteiger partial charge in [-0.25, -0.2) is 9.97 Å². The van der Waals surface area contributed by atoms with Crippen LogP contribution in [0.2, 0.25) is 5.02 Å². The summed E-state index contributed by atoms with van der Waals surface area (Å²) in [6, 6.07) is 7.80. The Balaban J connectivity index is 2.19. The predicted octanol–water partition coefficient (Wildman–Crippen LogP) is 4.79. The molecule has 0 unspecified atom stereocenters. The van der Waals surface area contributed by atoms with Gasteiger partial charge in [-0.1, -0.05) is 30.7 Å². The molecule has 0 aliphatic carbocycles. The van der Waals surface area contributed by atoms with Gasteiger partial charge in [0, 0.05) is 11.9 Å². The van der Waals surface area contributed by atoms with E-state index in [0.29, 0.717) is 5.75 Å². The van der Waals surface area contributed by atoms with Crippen LogP contribution in [0.3, 0.4) is 0 Å². The van der Waals surface area contributed by atoms with Crippen molar-refractivity contribution >= 4 is 45.1 Å². The zero-order chi connectivity index (χ0) is 14.5. The average molecular weight is 373 g/mol. The highest BCUT2D eigenvalue weighted by Gasteiger charge is 2.10. The first-order valence-electron chi connectivity index (χ1n) is 6.26. The molecule has 0 atom stereocenters. The molecule has 1 aromatic heterocycles. The van der Waals surface area contributed by atoms with E-state index in [4.69, 9.17) is 11.6 Å². The highest BCUT2D eigenvalue weighted by Crippen LogP contribution is 2.30. The van der Waals surface area contributed by atoms with Crippen molar-refractivity contribution in [3.8, 4) is 0 Å². The summed E-state index contributed by atoms with van der Waals surface area (Å²) in [5.74, 6) is 2.32. The summed E-state index contributed by atoms with van der Waals surface area (Å²) in [5.41, 5.74) is 1.01. The summed E-state index contributed by atoms with van der Waals surface area (Å²) in [7, 11) is 1.86. The Hall–Kier alpha value is -0.780. The second-order valence-electron chi connectivity index (χ2n) is 4.07. The topological polar surface area (TPSA) is 37.8 Å². The fraction of sp³-hybridized carbons (Fsp3) is 0.286. The number of rotatable bonds is 5. The number of benzene rings is 1. The van der Waals surface area contributed by atoms with E-state index in [1.807, 2.05) is 31.3 Å². The van der Waals surface area contributed by atoms with Gasteiger partial charge in [0.25, 0.3) is 0 Å². The largest absolute Gasteiger partial charge is 0.372 e. The number of hydrogen-bond acceptors (Lipinski definition) is 4. The minimum Gasteiger partial charge on any atom is -0.372 e. The van der Waals surface area contributed by atoms with Crippen molar-refractivity contribution in [3.63, 3.8) is 0 Å². The van der Waals surface area contributed by atoms with Crippen LogP contribution in [0.4, 0.5) is 5.82 Å². The van der Waals surface area contributed by atoms with E-state index in [-0.39, 0.29) is 0 Å². The molecular formula is C14H15BrClN3S. The predicted molar refractivity (Wildman–Crippen MR) is 89.7 cm³/mol. The van der Waals surface area contributed by atoms with Crippen molar-refractivity contribution in [3.05, 3.63) is 45.3 Å².